The summed E-state index contributed by atoms with van der Waals surface area (Å²) in [6.45, 7) is 5.94. The first-order chi connectivity index (χ1) is 14.9. The molecule has 152 valence electrons. The van der Waals surface area contributed by atoms with E-state index >= 15 is 0 Å². The van der Waals surface area contributed by atoms with Gasteiger partial charge in [0.2, 0.25) is 0 Å². The smallest absolute Gasteiger partial charge is 0.124 e. The van der Waals surface area contributed by atoms with Crippen LogP contribution in [0.3, 0.4) is 0 Å². The summed E-state index contributed by atoms with van der Waals surface area (Å²) in [5.41, 5.74) is 5.24. The molecule has 3 heteroatoms. The summed E-state index contributed by atoms with van der Waals surface area (Å²) in [7, 11) is 0. The molecule has 1 fully saturated rings. The van der Waals surface area contributed by atoms with E-state index in [2.05, 4.69) is 101 Å². The maximum absolute atomic E-state index is 6.17. The number of fused-ring (bicyclic) bond motifs is 2. The minimum absolute atomic E-state index is 0.266. The highest BCUT2D eigenvalue weighted by atomic mass is 16.5. The Labute approximate surface area is 179 Å². The van der Waals surface area contributed by atoms with Crippen molar-refractivity contribution in [3.05, 3.63) is 107 Å². The molecule has 1 saturated heterocycles. The second-order valence-electron chi connectivity index (χ2n) is 8.08. The van der Waals surface area contributed by atoms with Gasteiger partial charge in [-0.2, -0.15) is 0 Å². The number of piperazine rings is 1. The zero-order chi connectivity index (χ0) is 20.2. The van der Waals surface area contributed by atoms with E-state index in [0.717, 1.165) is 38.5 Å². The molecule has 0 radical (unpaired) electrons. The predicted molar refractivity (Wildman–Crippen MR) is 123 cm³/mol. The van der Waals surface area contributed by atoms with Gasteiger partial charge in [0.15, 0.2) is 0 Å². The van der Waals surface area contributed by atoms with Gasteiger partial charge in [0.25, 0.3) is 0 Å². The lowest BCUT2D eigenvalue weighted by atomic mass is 9.93. The molecule has 0 aromatic heterocycles. The molecule has 0 amide bonds. The van der Waals surface area contributed by atoms with Gasteiger partial charge in [0.1, 0.15) is 12.4 Å². The second kappa shape index (κ2) is 8.86. The lowest BCUT2D eigenvalue weighted by Gasteiger charge is -2.39. The van der Waals surface area contributed by atoms with Gasteiger partial charge in [-0.25, -0.2) is 0 Å². The van der Waals surface area contributed by atoms with E-state index in [0.29, 0.717) is 6.61 Å². The van der Waals surface area contributed by atoms with E-state index in [1.54, 1.807) is 0 Å². The largest absolute Gasteiger partial charge is 0.489 e. The van der Waals surface area contributed by atoms with Crippen LogP contribution in [0.1, 0.15) is 28.3 Å². The number of hydrogen-bond acceptors (Lipinski definition) is 3. The summed E-state index contributed by atoms with van der Waals surface area (Å²) >= 11 is 0. The maximum Gasteiger partial charge on any atom is 0.124 e. The van der Waals surface area contributed by atoms with E-state index in [-0.39, 0.29) is 6.04 Å². The molecular formula is C27H28N2O. The topological polar surface area (TPSA) is 15.7 Å². The Bertz CT molecular complexity index is 959. The summed E-state index contributed by atoms with van der Waals surface area (Å²) in [6.07, 6.45) is 4.51. The maximum atomic E-state index is 6.17. The third-order valence-corrected chi connectivity index (χ3v) is 6.19. The second-order valence-corrected chi connectivity index (χ2v) is 8.08. The van der Waals surface area contributed by atoms with E-state index in [4.69, 9.17) is 4.74 Å². The van der Waals surface area contributed by atoms with E-state index in [9.17, 15) is 0 Å². The SMILES string of the molecule is C(=Cc1ccccc1)CN1CCN(C2c3ccccc3COc3ccccc32)CC1. The van der Waals surface area contributed by atoms with Crippen molar-refractivity contribution in [2.45, 2.75) is 12.6 Å². The lowest BCUT2D eigenvalue weighted by molar-refractivity contribution is 0.117. The quantitative estimate of drug-likeness (QED) is 0.617. The third kappa shape index (κ3) is 4.04. The normalized spacial score (nSPS) is 19.7. The van der Waals surface area contributed by atoms with Crippen LogP contribution in [0.5, 0.6) is 5.75 Å². The molecule has 3 nitrogen and oxygen atoms in total. The standard InChI is InChI=1S/C27H28N2O/c1-2-9-22(10-3-1)11-8-16-28-17-19-29(20-18-28)27-24-13-5-4-12-23(24)21-30-26-15-7-6-14-25(26)27/h1-15,27H,16-21H2. The number of hydrogen-bond donors (Lipinski definition) is 0. The Balaban J connectivity index is 1.31. The van der Waals surface area contributed by atoms with Crippen molar-refractivity contribution in [2.75, 3.05) is 32.7 Å². The van der Waals surface area contributed by atoms with Gasteiger partial charge in [-0.1, -0.05) is 84.9 Å². The van der Waals surface area contributed by atoms with Crippen molar-refractivity contribution < 1.29 is 4.74 Å². The van der Waals surface area contributed by atoms with E-state index in [1.807, 2.05) is 0 Å². The first-order valence-electron chi connectivity index (χ1n) is 10.9. The monoisotopic (exact) mass is 396 g/mol. The van der Waals surface area contributed by atoms with Crippen molar-refractivity contribution in [2.24, 2.45) is 0 Å². The molecular weight excluding hydrogens is 368 g/mol. The molecule has 0 bridgehead atoms. The fourth-order valence-electron chi connectivity index (χ4n) is 4.59. The summed E-state index contributed by atoms with van der Waals surface area (Å²) in [5, 5.41) is 0. The molecule has 30 heavy (non-hydrogen) atoms. The highest BCUT2D eigenvalue weighted by Gasteiger charge is 2.31. The average Bonchev–Trinajstić information content (AvgIpc) is 2.97. The predicted octanol–water partition coefficient (Wildman–Crippen LogP) is 5.00. The minimum Gasteiger partial charge on any atom is -0.489 e. The summed E-state index contributed by atoms with van der Waals surface area (Å²) < 4.78 is 6.17. The lowest BCUT2D eigenvalue weighted by Crippen LogP contribution is -2.47. The van der Waals surface area contributed by atoms with Gasteiger partial charge in [0.05, 0.1) is 6.04 Å². The molecule has 1 atom stereocenters. The molecule has 3 aromatic rings. The van der Waals surface area contributed by atoms with Crippen LogP contribution in [0.25, 0.3) is 6.08 Å². The number of rotatable bonds is 4. The Morgan fingerprint density at radius 3 is 2.30 bits per heavy atom. The van der Waals surface area contributed by atoms with Crippen LogP contribution >= 0.6 is 0 Å². The van der Waals surface area contributed by atoms with Gasteiger partial charge >= 0.3 is 0 Å². The first-order valence-corrected chi connectivity index (χ1v) is 10.9. The van der Waals surface area contributed by atoms with Gasteiger partial charge in [-0.05, 0) is 22.8 Å². The highest BCUT2D eigenvalue weighted by Crippen LogP contribution is 2.39. The van der Waals surface area contributed by atoms with Crippen LogP contribution in [0, 0.1) is 0 Å². The van der Waals surface area contributed by atoms with Crippen molar-refractivity contribution in [3.63, 3.8) is 0 Å². The van der Waals surface area contributed by atoms with Crippen molar-refractivity contribution >= 4 is 6.08 Å². The van der Waals surface area contributed by atoms with Crippen LogP contribution in [0.15, 0.2) is 84.9 Å². The molecule has 2 heterocycles. The number of para-hydroxylation sites is 1. The summed E-state index contributed by atoms with van der Waals surface area (Å²) in [4.78, 5) is 5.17. The van der Waals surface area contributed by atoms with Crippen molar-refractivity contribution in [1.82, 2.24) is 9.80 Å². The zero-order valence-electron chi connectivity index (χ0n) is 17.3. The fourth-order valence-corrected chi connectivity index (χ4v) is 4.59. The number of ether oxygens (including phenoxy) is 1. The van der Waals surface area contributed by atoms with Crippen LogP contribution in [-0.4, -0.2) is 42.5 Å². The Hall–Kier alpha value is -2.88. The van der Waals surface area contributed by atoms with Crippen LogP contribution in [0.4, 0.5) is 0 Å². The van der Waals surface area contributed by atoms with Crippen LogP contribution in [-0.2, 0) is 6.61 Å². The Kier molecular flexibility index (Phi) is 5.65. The molecule has 0 saturated carbocycles. The first kappa shape index (κ1) is 19.1. The van der Waals surface area contributed by atoms with Crippen molar-refractivity contribution in [1.29, 1.82) is 0 Å². The third-order valence-electron chi connectivity index (χ3n) is 6.19. The van der Waals surface area contributed by atoms with Gasteiger partial charge in [0, 0.05) is 38.3 Å². The molecule has 5 rings (SSSR count). The van der Waals surface area contributed by atoms with Crippen LogP contribution < -0.4 is 4.74 Å². The van der Waals surface area contributed by atoms with E-state index in [1.165, 1.54) is 22.3 Å². The molecule has 2 aliphatic rings. The molecule has 3 aromatic carbocycles. The van der Waals surface area contributed by atoms with Crippen LogP contribution in [0.2, 0.25) is 0 Å². The average molecular weight is 397 g/mol. The van der Waals surface area contributed by atoms with E-state index < -0.39 is 0 Å². The fraction of sp³-hybridized carbons (Fsp3) is 0.259. The number of nitrogens with zero attached hydrogens (tertiary/aromatic N) is 2. The molecule has 0 N–H and O–H groups in total. The molecule has 0 spiro atoms. The minimum atomic E-state index is 0.266. The Morgan fingerprint density at radius 2 is 1.47 bits per heavy atom. The van der Waals surface area contributed by atoms with Gasteiger partial charge in [-0.15, -0.1) is 0 Å². The Morgan fingerprint density at radius 1 is 0.767 bits per heavy atom. The molecule has 2 aliphatic heterocycles. The number of benzene rings is 3. The molecule has 1 unspecified atom stereocenters. The molecule has 0 aliphatic carbocycles. The van der Waals surface area contributed by atoms with Gasteiger partial charge < -0.3 is 4.74 Å². The zero-order valence-corrected chi connectivity index (χ0v) is 17.3. The van der Waals surface area contributed by atoms with Gasteiger partial charge in [-0.3, -0.25) is 9.80 Å². The summed E-state index contributed by atoms with van der Waals surface area (Å²) in [5.74, 6) is 1.02. The summed E-state index contributed by atoms with van der Waals surface area (Å²) in [6, 6.07) is 28.1. The van der Waals surface area contributed by atoms with Crippen molar-refractivity contribution in [3.8, 4) is 5.75 Å². The highest BCUT2D eigenvalue weighted by molar-refractivity contribution is 5.49.